The Morgan fingerprint density at radius 2 is 1.68 bits per heavy atom. The van der Waals surface area contributed by atoms with Gasteiger partial charge in [0.2, 0.25) is 5.91 Å². The Morgan fingerprint density at radius 1 is 0.920 bits per heavy atom. The van der Waals surface area contributed by atoms with Crippen molar-refractivity contribution in [1.82, 2.24) is 10.2 Å². The number of rotatable bonds is 4. The Balaban J connectivity index is 1.41. The fraction of sp³-hybridized carbons (Fsp3) is 0.333. The van der Waals surface area contributed by atoms with E-state index in [-0.39, 0.29) is 23.8 Å². The molecule has 0 bridgehead atoms. The Hall–Kier alpha value is -2.62. The third-order valence-electron chi connectivity index (χ3n) is 4.99. The predicted octanol–water partition coefficient (Wildman–Crippen LogP) is 3.09. The summed E-state index contributed by atoms with van der Waals surface area (Å²) in [7, 11) is 0. The van der Waals surface area contributed by atoms with Crippen LogP contribution in [0.4, 0.5) is 0 Å². The van der Waals surface area contributed by atoms with E-state index in [0.717, 1.165) is 36.9 Å². The third-order valence-corrected chi connectivity index (χ3v) is 4.99. The summed E-state index contributed by atoms with van der Waals surface area (Å²) in [5.41, 5.74) is 2.79. The molecule has 0 spiro atoms. The summed E-state index contributed by atoms with van der Waals surface area (Å²) in [6, 6.07) is 17.8. The van der Waals surface area contributed by atoms with Crippen LogP contribution in [0.2, 0.25) is 0 Å². The van der Waals surface area contributed by atoms with E-state index in [9.17, 15) is 9.59 Å². The maximum Gasteiger partial charge on any atom is 0.251 e. The molecule has 1 aliphatic carbocycles. The number of carbonyl (C=O) groups is 2. The second kappa shape index (κ2) is 6.71. The number of hydrogen-bond acceptors (Lipinski definition) is 2. The molecule has 1 saturated carbocycles. The molecule has 2 aromatic carbocycles. The summed E-state index contributed by atoms with van der Waals surface area (Å²) in [4.78, 5) is 26.6. The van der Waals surface area contributed by atoms with Crippen LogP contribution >= 0.6 is 0 Å². The molecule has 25 heavy (non-hydrogen) atoms. The van der Waals surface area contributed by atoms with Crippen LogP contribution in [-0.4, -0.2) is 35.8 Å². The van der Waals surface area contributed by atoms with Crippen LogP contribution < -0.4 is 5.32 Å². The van der Waals surface area contributed by atoms with E-state index in [1.807, 2.05) is 59.5 Å². The van der Waals surface area contributed by atoms with Crippen LogP contribution in [0, 0.1) is 5.92 Å². The maximum absolute atomic E-state index is 12.6. The molecule has 1 aliphatic heterocycles. The van der Waals surface area contributed by atoms with Crippen molar-refractivity contribution in [3.63, 3.8) is 0 Å². The highest BCUT2D eigenvalue weighted by Crippen LogP contribution is 2.32. The van der Waals surface area contributed by atoms with Crippen LogP contribution in [0.3, 0.4) is 0 Å². The van der Waals surface area contributed by atoms with Crippen molar-refractivity contribution in [3.8, 4) is 11.1 Å². The van der Waals surface area contributed by atoms with E-state index in [4.69, 9.17) is 0 Å². The lowest BCUT2D eigenvalue weighted by atomic mass is 10.0. The van der Waals surface area contributed by atoms with E-state index in [2.05, 4.69) is 5.32 Å². The van der Waals surface area contributed by atoms with Gasteiger partial charge < -0.3 is 10.2 Å². The highest BCUT2D eigenvalue weighted by Gasteiger charge is 2.36. The van der Waals surface area contributed by atoms with Gasteiger partial charge in [0, 0.05) is 30.6 Å². The van der Waals surface area contributed by atoms with Crippen LogP contribution in [0.5, 0.6) is 0 Å². The molecular weight excluding hydrogens is 312 g/mol. The molecule has 128 valence electrons. The number of nitrogens with zero attached hydrogens (tertiary/aromatic N) is 1. The molecule has 4 nitrogen and oxygen atoms in total. The lowest BCUT2D eigenvalue weighted by Gasteiger charge is -2.17. The van der Waals surface area contributed by atoms with Gasteiger partial charge in [-0.2, -0.15) is 0 Å². The molecule has 4 heteroatoms. The zero-order chi connectivity index (χ0) is 17.2. The van der Waals surface area contributed by atoms with Gasteiger partial charge in [0.1, 0.15) is 0 Å². The van der Waals surface area contributed by atoms with E-state index in [1.165, 1.54) is 0 Å². The lowest BCUT2D eigenvalue weighted by molar-refractivity contribution is -0.131. The highest BCUT2D eigenvalue weighted by molar-refractivity contribution is 5.95. The van der Waals surface area contributed by atoms with Gasteiger partial charge in [0.15, 0.2) is 0 Å². The predicted molar refractivity (Wildman–Crippen MR) is 97.1 cm³/mol. The first-order valence-electron chi connectivity index (χ1n) is 8.96. The van der Waals surface area contributed by atoms with Crippen LogP contribution in [0.1, 0.15) is 29.6 Å². The monoisotopic (exact) mass is 334 g/mol. The molecule has 4 rings (SSSR count). The molecule has 1 N–H and O–H groups in total. The van der Waals surface area contributed by atoms with Crippen LogP contribution in [0.15, 0.2) is 54.6 Å². The summed E-state index contributed by atoms with van der Waals surface area (Å²) in [6.45, 7) is 1.39. The summed E-state index contributed by atoms with van der Waals surface area (Å²) < 4.78 is 0. The Bertz CT molecular complexity index is 783. The molecule has 1 unspecified atom stereocenters. The van der Waals surface area contributed by atoms with Gasteiger partial charge in [-0.3, -0.25) is 9.59 Å². The number of nitrogens with one attached hydrogen (secondary N) is 1. The number of likely N-dealkylation sites (tertiary alicyclic amines) is 1. The summed E-state index contributed by atoms with van der Waals surface area (Å²) in [5.74, 6) is 0.448. The minimum Gasteiger partial charge on any atom is -0.347 e. The smallest absolute Gasteiger partial charge is 0.251 e. The van der Waals surface area contributed by atoms with E-state index in [1.54, 1.807) is 0 Å². The number of carbonyl (C=O) groups excluding carboxylic acids is 2. The standard InChI is InChI=1S/C21H22N2O2/c24-20(22-19-11-12-23(14-19)21(25)16-9-10-16)18-8-4-7-17(13-18)15-5-2-1-3-6-15/h1-8,13,16,19H,9-12,14H2,(H,22,24). The second-order valence-corrected chi connectivity index (χ2v) is 6.96. The molecule has 2 aliphatic rings. The van der Waals surface area contributed by atoms with Gasteiger partial charge in [0.05, 0.1) is 0 Å². The third kappa shape index (κ3) is 3.58. The SMILES string of the molecule is O=C(NC1CCN(C(=O)C2CC2)C1)c1cccc(-c2ccccc2)c1. The molecule has 0 aromatic heterocycles. The van der Waals surface area contributed by atoms with Crippen molar-refractivity contribution in [2.24, 2.45) is 5.92 Å². The Morgan fingerprint density at radius 3 is 2.44 bits per heavy atom. The summed E-state index contributed by atoms with van der Waals surface area (Å²) >= 11 is 0. The van der Waals surface area contributed by atoms with Crippen molar-refractivity contribution < 1.29 is 9.59 Å². The largest absolute Gasteiger partial charge is 0.347 e. The van der Waals surface area contributed by atoms with Crippen molar-refractivity contribution in [3.05, 3.63) is 60.2 Å². The van der Waals surface area contributed by atoms with Crippen molar-refractivity contribution in [1.29, 1.82) is 0 Å². The molecule has 0 radical (unpaired) electrons. The maximum atomic E-state index is 12.6. The summed E-state index contributed by atoms with van der Waals surface area (Å²) in [6.07, 6.45) is 2.89. The molecule has 1 atom stereocenters. The molecule has 1 saturated heterocycles. The van der Waals surface area contributed by atoms with Gasteiger partial charge in [-0.15, -0.1) is 0 Å². The first-order valence-corrected chi connectivity index (χ1v) is 8.96. The Labute approximate surface area is 147 Å². The van der Waals surface area contributed by atoms with Crippen molar-refractivity contribution in [2.75, 3.05) is 13.1 Å². The fourth-order valence-electron chi connectivity index (χ4n) is 3.41. The van der Waals surface area contributed by atoms with Gasteiger partial charge in [-0.05, 0) is 42.5 Å². The highest BCUT2D eigenvalue weighted by atomic mass is 16.2. The quantitative estimate of drug-likeness (QED) is 0.934. The number of benzene rings is 2. The normalized spacial score (nSPS) is 19.7. The summed E-state index contributed by atoms with van der Waals surface area (Å²) in [5, 5.41) is 3.09. The van der Waals surface area contributed by atoms with Crippen molar-refractivity contribution in [2.45, 2.75) is 25.3 Å². The van der Waals surface area contributed by atoms with E-state index >= 15 is 0 Å². The Kier molecular flexibility index (Phi) is 4.26. The van der Waals surface area contributed by atoms with Gasteiger partial charge in [-0.1, -0.05) is 42.5 Å². The first-order chi connectivity index (χ1) is 12.2. The second-order valence-electron chi connectivity index (χ2n) is 6.96. The fourth-order valence-corrected chi connectivity index (χ4v) is 3.41. The number of hydrogen-bond donors (Lipinski definition) is 1. The molecule has 1 heterocycles. The van der Waals surface area contributed by atoms with E-state index in [0.29, 0.717) is 12.1 Å². The van der Waals surface area contributed by atoms with Crippen molar-refractivity contribution >= 4 is 11.8 Å². The molecule has 2 fully saturated rings. The zero-order valence-electron chi connectivity index (χ0n) is 14.2. The first kappa shape index (κ1) is 15.9. The molecular formula is C21H22N2O2. The lowest BCUT2D eigenvalue weighted by Crippen LogP contribution is -2.38. The molecule has 2 amide bonds. The topological polar surface area (TPSA) is 49.4 Å². The van der Waals surface area contributed by atoms with Gasteiger partial charge in [0.25, 0.3) is 5.91 Å². The zero-order valence-corrected chi connectivity index (χ0v) is 14.2. The van der Waals surface area contributed by atoms with Gasteiger partial charge >= 0.3 is 0 Å². The van der Waals surface area contributed by atoms with Gasteiger partial charge in [-0.25, -0.2) is 0 Å². The average Bonchev–Trinajstić information content (AvgIpc) is 3.41. The van der Waals surface area contributed by atoms with E-state index < -0.39 is 0 Å². The average molecular weight is 334 g/mol. The van der Waals surface area contributed by atoms with Crippen LogP contribution in [-0.2, 0) is 4.79 Å². The van der Waals surface area contributed by atoms with Crippen LogP contribution in [0.25, 0.3) is 11.1 Å². The molecule has 2 aromatic rings. The minimum absolute atomic E-state index is 0.0515. The minimum atomic E-state index is -0.0662. The number of amides is 2.